The lowest BCUT2D eigenvalue weighted by molar-refractivity contribution is 0.828. The maximum absolute atomic E-state index is 4.51. The van der Waals surface area contributed by atoms with E-state index in [1.165, 1.54) is 35.3 Å². The van der Waals surface area contributed by atoms with E-state index in [1.54, 1.807) is 22.7 Å². The fraction of sp³-hybridized carbons (Fsp3) is 0.273. The standard InChI is InChI=1S/C11H10N6S5/c1-5-14-16-10(19-5)21-7-4-8(13-9(12-7)18-3)22-11-17-15-6(2)20-11/h4H,1-3H3. The molecule has 0 saturated heterocycles. The molecule has 11 heteroatoms. The van der Waals surface area contributed by atoms with Crippen LogP contribution in [-0.4, -0.2) is 36.6 Å². The third kappa shape index (κ3) is 4.16. The molecule has 0 aliphatic carbocycles. The lowest BCUT2D eigenvalue weighted by Crippen LogP contribution is -1.91. The quantitative estimate of drug-likeness (QED) is 0.369. The number of nitrogens with zero attached hydrogens (tertiary/aromatic N) is 6. The van der Waals surface area contributed by atoms with E-state index in [9.17, 15) is 0 Å². The van der Waals surface area contributed by atoms with E-state index < -0.39 is 0 Å². The molecule has 0 N–H and O–H groups in total. The van der Waals surface area contributed by atoms with E-state index in [2.05, 4.69) is 30.4 Å². The minimum Gasteiger partial charge on any atom is -0.216 e. The first-order valence-electron chi connectivity index (χ1n) is 6.01. The van der Waals surface area contributed by atoms with E-state index >= 15 is 0 Å². The van der Waals surface area contributed by atoms with Crippen molar-refractivity contribution in [1.29, 1.82) is 0 Å². The molecule has 6 nitrogen and oxygen atoms in total. The van der Waals surface area contributed by atoms with Gasteiger partial charge in [-0.25, -0.2) is 9.97 Å². The van der Waals surface area contributed by atoms with Crippen LogP contribution in [0.5, 0.6) is 0 Å². The Hall–Kier alpha value is -0.750. The van der Waals surface area contributed by atoms with Crippen molar-refractivity contribution in [1.82, 2.24) is 30.4 Å². The third-order valence-electron chi connectivity index (χ3n) is 2.24. The van der Waals surface area contributed by atoms with Crippen molar-refractivity contribution in [3.8, 4) is 0 Å². The zero-order chi connectivity index (χ0) is 15.5. The van der Waals surface area contributed by atoms with Crippen molar-refractivity contribution in [3.63, 3.8) is 0 Å². The number of aromatic nitrogens is 6. The van der Waals surface area contributed by atoms with Crippen molar-refractivity contribution in [3.05, 3.63) is 16.1 Å². The molecule has 0 saturated carbocycles. The van der Waals surface area contributed by atoms with Crippen LogP contribution in [0.25, 0.3) is 0 Å². The van der Waals surface area contributed by atoms with Gasteiger partial charge in [-0.3, -0.25) is 0 Å². The number of hydrogen-bond donors (Lipinski definition) is 0. The van der Waals surface area contributed by atoms with E-state index in [-0.39, 0.29) is 0 Å². The van der Waals surface area contributed by atoms with Crippen LogP contribution < -0.4 is 0 Å². The first-order valence-corrected chi connectivity index (χ1v) is 10.5. The number of hydrogen-bond acceptors (Lipinski definition) is 11. The average molecular weight is 387 g/mol. The summed E-state index contributed by atoms with van der Waals surface area (Å²) in [6.45, 7) is 3.88. The molecule has 0 unspecified atom stereocenters. The van der Waals surface area contributed by atoms with E-state index in [0.29, 0.717) is 0 Å². The summed E-state index contributed by atoms with van der Waals surface area (Å²) in [4.78, 5) is 9.02. The van der Waals surface area contributed by atoms with Gasteiger partial charge in [-0.2, -0.15) is 0 Å². The Morgan fingerprint density at radius 3 is 1.68 bits per heavy atom. The molecule has 0 spiro atoms. The molecule has 0 fully saturated rings. The smallest absolute Gasteiger partial charge is 0.189 e. The second-order valence-electron chi connectivity index (χ2n) is 3.91. The molecule has 0 amide bonds. The molecule has 22 heavy (non-hydrogen) atoms. The van der Waals surface area contributed by atoms with Gasteiger partial charge < -0.3 is 0 Å². The van der Waals surface area contributed by atoms with Crippen LogP contribution in [0.4, 0.5) is 0 Å². The van der Waals surface area contributed by atoms with E-state index in [4.69, 9.17) is 0 Å². The summed E-state index contributed by atoms with van der Waals surface area (Å²) in [7, 11) is 0. The van der Waals surface area contributed by atoms with Gasteiger partial charge in [-0.1, -0.05) is 34.4 Å². The normalized spacial score (nSPS) is 11.0. The van der Waals surface area contributed by atoms with E-state index in [0.717, 1.165) is 33.9 Å². The number of thioether (sulfide) groups is 1. The molecule has 3 rings (SSSR count). The van der Waals surface area contributed by atoms with Crippen LogP contribution in [0, 0.1) is 13.8 Å². The van der Waals surface area contributed by atoms with Crippen molar-refractivity contribution < 1.29 is 0 Å². The van der Waals surface area contributed by atoms with Crippen LogP contribution in [0.15, 0.2) is 30.0 Å². The maximum Gasteiger partial charge on any atom is 0.189 e. The molecule has 3 heterocycles. The van der Waals surface area contributed by atoms with Gasteiger partial charge in [-0.15, -0.1) is 20.4 Å². The molecule has 0 aromatic carbocycles. The van der Waals surface area contributed by atoms with Crippen molar-refractivity contribution in [2.45, 2.75) is 37.7 Å². The Morgan fingerprint density at radius 2 is 1.32 bits per heavy atom. The number of aryl methyl sites for hydroxylation is 2. The summed E-state index contributed by atoms with van der Waals surface area (Å²) >= 11 is 7.63. The van der Waals surface area contributed by atoms with Crippen LogP contribution >= 0.6 is 58.0 Å². The van der Waals surface area contributed by atoms with Crippen LogP contribution in [0.3, 0.4) is 0 Å². The first-order chi connectivity index (χ1) is 10.6. The van der Waals surface area contributed by atoms with E-state index in [1.807, 2.05) is 26.2 Å². The highest BCUT2D eigenvalue weighted by molar-refractivity contribution is 8.02. The Kier molecular flexibility index (Phi) is 5.29. The van der Waals surface area contributed by atoms with Gasteiger partial charge in [0.2, 0.25) is 0 Å². The van der Waals surface area contributed by atoms with Crippen LogP contribution in [0.2, 0.25) is 0 Å². The second-order valence-corrected chi connectivity index (χ2v) is 9.58. The predicted octanol–water partition coefficient (Wildman–Crippen LogP) is 3.82. The SMILES string of the molecule is CSc1nc(Sc2nnc(C)s2)cc(Sc2nnc(C)s2)n1. The van der Waals surface area contributed by atoms with Crippen molar-refractivity contribution in [2.75, 3.05) is 6.26 Å². The van der Waals surface area contributed by atoms with Gasteiger partial charge in [0.05, 0.1) is 0 Å². The molecule has 0 aliphatic heterocycles. The first kappa shape index (κ1) is 16.1. The molecule has 114 valence electrons. The lowest BCUT2D eigenvalue weighted by atomic mass is 10.7. The molecule has 0 bridgehead atoms. The fourth-order valence-corrected chi connectivity index (χ4v) is 5.49. The predicted molar refractivity (Wildman–Crippen MR) is 91.4 cm³/mol. The Bertz CT molecular complexity index is 724. The lowest BCUT2D eigenvalue weighted by Gasteiger charge is -2.03. The van der Waals surface area contributed by atoms with Gasteiger partial charge in [-0.05, 0) is 43.6 Å². The topological polar surface area (TPSA) is 77.3 Å². The zero-order valence-corrected chi connectivity index (χ0v) is 15.9. The van der Waals surface area contributed by atoms with Crippen molar-refractivity contribution in [2.24, 2.45) is 0 Å². The summed E-state index contributed by atoms with van der Waals surface area (Å²) in [6, 6.07) is 1.95. The average Bonchev–Trinajstić information content (AvgIpc) is 3.07. The third-order valence-corrected chi connectivity index (χ3v) is 6.40. The molecular weight excluding hydrogens is 376 g/mol. The summed E-state index contributed by atoms with van der Waals surface area (Å²) in [5, 5.41) is 20.6. The fourth-order valence-electron chi connectivity index (χ4n) is 1.40. The molecular formula is C11H10N6S5. The molecule has 3 aromatic heterocycles. The Balaban J connectivity index is 1.85. The van der Waals surface area contributed by atoms with Gasteiger partial charge in [0.1, 0.15) is 20.1 Å². The number of rotatable bonds is 5. The summed E-state index contributed by atoms with van der Waals surface area (Å²) in [5.74, 6) is 0. The molecule has 0 atom stereocenters. The largest absolute Gasteiger partial charge is 0.216 e. The maximum atomic E-state index is 4.51. The molecule has 0 aliphatic rings. The highest BCUT2D eigenvalue weighted by Crippen LogP contribution is 2.34. The minimum absolute atomic E-state index is 0.731. The Morgan fingerprint density at radius 1 is 0.818 bits per heavy atom. The second kappa shape index (κ2) is 7.21. The summed E-state index contributed by atoms with van der Waals surface area (Å²) < 4.78 is 1.76. The van der Waals surface area contributed by atoms with Crippen LogP contribution in [-0.2, 0) is 0 Å². The minimum atomic E-state index is 0.731. The highest BCUT2D eigenvalue weighted by Gasteiger charge is 2.11. The monoisotopic (exact) mass is 386 g/mol. The molecule has 0 radical (unpaired) electrons. The van der Waals surface area contributed by atoms with Gasteiger partial charge in [0.15, 0.2) is 13.8 Å². The highest BCUT2D eigenvalue weighted by atomic mass is 32.2. The van der Waals surface area contributed by atoms with Gasteiger partial charge >= 0.3 is 0 Å². The zero-order valence-electron chi connectivity index (χ0n) is 11.8. The van der Waals surface area contributed by atoms with Crippen LogP contribution in [0.1, 0.15) is 10.0 Å². The van der Waals surface area contributed by atoms with Gasteiger partial charge in [0.25, 0.3) is 0 Å². The summed E-state index contributed by atoms with van der Waals surface area (Å²) in [5.41, 5.74) is 0. The summed E-state index contributed by atoms with van der Waals surface area (Å²) in [6.07, 6.45) is 1.96. The molecule has 3 aromatic rings. The van der Waals surface area contributed by atoms with Gasteiger partial charge in [0, 0.05) is 6.07 Å². The van der Waals surface area contributed by atoms with Crippen molar-refractivity contribution >= 4 is 58.0 Å². The Labute approximate surface area is 148 Å².